The van der Waals surface area contributed by atoms with Gasteiger partial charge in [-0.15, -0.1) is 0 Å². The lowest BCUT2D eigenvalue weighted by Crippen LogP contribution is -2.46. The second-order valence-corrected chi connectivity index (χ2v) is 4.13. The molecule has 0 bridgehead atoms. The van der Waals surface area contributed by atoms with Gasteiger partial charge in [-0.1, -0.05) is 0 Å². The third-order valence-electron chi connectivity index (χ3n) is 2.87. The van der Waals surface area contributed by atoms with Crippen molar-refractivity contribution < 1.29 is 18.9 Å². The first-order chi connectivity index (χ1) is 8.38. The van der Waals surface area contributed by atoms with Crippen LogP contribution >= 0.6 is 0 Å². The maximum Gasteiger partial charge on any atom is 0.0962 e. The largest absolute Gasteiger partial charge is 0.385 e. The molecular formula is C12H25NO4. The maximum absolute atomic E-state index is 5.75. The lowest BCUT2D eigenvalue weighted by atomic mass is 10.1. The van der Waals surface area contributed by atoms with Crippen LogP contribution in [0.25, 0.3) is 0 Å². The first-order valence-corrected chi connectivity index (χ1v) is 6.31. The Morgan fingerprint density at radius 1 is 1.24 bits per heavy atom. The quantitative estimate of drug-likeness (QED) is 0.599. The molecular weight excluding hydrogens is 222 g/mol. The molecule has 0 amide bonds. The fourth-order valence-electron chi connectivity index (χ4n) is 1.87. The number of rotatable bonds is 9. The molecule has 0 aromatic carbocycles. The molecule has 1 N–H and O–H groups in total. The van der Waals surface area contributed by atoms with Gasteiger partial charge in [0, 0.05) is 33.0 Å². The van der Waals surface area contributed by atoms with Crippen LogP contribution in [0.3, 0.4) is 0 Å². The van der Waals surface area contributed by atoms with Crippen LogP contribution in [-0.4, -0.2) is 65.9 Å². The molecule has 1 aliphatic heterocycles. The first kappa shape index (κ1) is 14.9. The van der Waals surface area contributed by atoms with E-state index in [1.165, 1.54) is 0 Å². The number of methoxy groups -OCH3 is 1. The van der Waals surface area contributed by atoms with Crippen molar-refractivity contribution in [1.29, 1.82) is 0 Å². The van der Waals surface area contributed by atoms with E-state index in [1.807, 2.05) is 7.05 Å². The molecule has 2 atom stereocenters. The maximum atomic E-state index is 5.75. The van der Waals surface area contributed by atoms with Crippen molar-refractivity contribution in [2.24, 2.45) is 0 Å². The van der Waals surface area contributed by atoms with Crippen LogP contribution in [0.2, 0.25) is 0 Å². The van der Waals surface area contributed by atoms with Gasteiger partial charge in [0.1, 0.15) is 0 Å². The van der Waals surface area contributed by atoms with E-state index >= 15 is 0 Å². The van der Waals surface area contributed by atoms with Crippen molar-refractivity contribution in [3.8, 4) is 0 Å². The van der Waals surface area contributed by atoms with Crippen LogP contribution in [0.4, 0.5) is 0 Å². The van der Waals surface area contributed by atoms with Crippen LogP contribution in [0, 0.1) is 0 Å². The van der Waals surface area contributed by atoms with E-state index in [9.17, 15) is 0 Å². The van der Waals surface area contributed by atoms with Crippen molar-refractivity contribution >= 4 is 0 Å². The summed E-state index contributed by atoms with van der Waals surface area (Å²) in [5.74, 6) is 0. The molecule has 0 aromatic rings. The van der Waals surface area contributed by atoms with E-state index < -0.39 is 0 Å². The summed E-state index contributed by atoms with van der Waals surface area (Å²) in [5, 5.41) is 3.26. The highest BCUT2D eigenvalue weighted by molar-refractivity contribution is 4.78. The average molecular weight is 247 g/mol. The summed E-state index contributed by atoms with van der Waals surface area (Å²) in [7, 11) is 3.66. The van der Waals surface area contributed by atoms with Gasteiger partial charge in [-0.2, -0.15) is 0 Å². The Kier molecular flexibility index (Phi) is 8.56. The van der Waals surface area contributed by atoms with Crippen LogP contribution in [-0.2, 0) is 18.9 Å². The standard InChI is InChI=1S/C12H25NO4/c1-13-11-4-7-16-10-12(11)17-9-8-15-6-3-5-14-2/h11-13H,3-10H2,1-2H3. The highest BCUT2D eigenvalue weighted by Crippen LogP contribution is 2.10. The second kappa shape index (κ2) is 9.79. The van der Waals surface area contributed by atoms with Crippen LogP contribution in [0.5, 0.6) is 0 Å². The number of likely N-dealkylation sites (N-methyl/N-ethyl adjacent to an activating group) is 1. The Bertz CT molecular complexity index is 180. The van der Waals surface area contributed by atoms with Crippen LogP contribution < -0.4 is 5.32 Å². The normalized spacial score (nSPS) is 25.1. The van der Waals surface area contributed by atoms with Gasteiger partial charge in [0.25, 0.3) is 0 Å². The molecule has 5 nitrogen and oxygen atoms in total. The SMILES string of the molecule is CNC1CCOCC1OCCOCCCOC. The van der Waals surface area contributed by atoms with Gasteiger partial charge in [0.05, 0.1) is 25.9 Å². The summed E-state index contributed by atoms with van der Waals surface area (Å²) in [6.07, 6.45) is 2.09. The number of hydrogen-bond acceptors (Lipinski definition) is 5. The van der Waals surface area contributed by atoms with Gasteiger partial charge in [-0.05, 0) is 19.9 Å². The molecule has 0 saturated carbocycles. The Labute approximate surface area is 104 Å². The average Bonchev–Trinajstić information content (AvgIpc) is 2.38. The predicted molar refractivity (Wildman–Crippen MR) is 65.3 cm³/mol. The smallest absolute Gasteiger partial charge is 0.0962 e. The number of hydrogen-bond donors (Lipinski definition) is 1. The third-order valence-corrected chi connectivity index (χ3v) is 2.87. The van der Waals surface area contributed by atoms with E-state index in [-0.39, 0.29) is 6.10 Å². The summed E-state index contributed by atoms with van der Waals surface area (Å²) >= 11 is 0. The van der Waals surface area contributed by atoms with E-state index in [0.29, 0.717) is 25.9 Å². The minimum atomic E-state index is 0.149. The molecule has 1 saturated heterocycles. The van der Waals surface area contributed by atoms with Crippen LogP contribution in [0.15, 0.2) is 0 Å². The monoisotopic (exact) mass is 247 g/mol. The molecule has 1 rings (SSSR count). The molecule has 0 aromatic heterocycles. The lowest BCUT2D eigenvalue weighted by Gasteiger charge is -2.31. The first-order valence-electron chi connectivity index (χ1n) is 6.31. The van der Waals surface area contributed by atoms with Crippen LogP contribution in [0.1, 0.15) is 12.8 Å². The van der Waals surface area contributed by atoms with Gasteiger partial charge in [0.2, 0.25) is 0 Å². The van der Waals surface area contributed by atoms with E-state index in [4.69, 9.17) is 18.9 Å². The van der Waals surface area contributed by atoms with E-state index in [1.54, 1.807) is 7.11 Å². The minimum Gasteiger partial charge on any atom is -0.385 e. The molecule has 0 aliphatic carbocycles. The minimum absolute atomic E-state index is 0.149. The van der Waals surface area contributed by atoms with Gasteiger partial charge in [-0.25, -0.2) is 0 Å². The summed E-state index contributed by atoms with van der Waals surface area (Å²) in [6, 6.07) is 0.400. The topological polar surface area (TPSA) is 49.0 Å². The molecule has 1 heterocycles. The number of ether oxygens (including phenoxy) is 4. The molecule has 102 valence electrons. The van der Waals surface area contributed by atoms with Crippen molar-refractivity contribution in [1.82, 2.24) is 5.32 Å². The van der Waals surface area contributed by atoms with Gasteiger partial charge < -0.3 is 24.3 Å². The lowest BCUT2D eigenvalue weighted by molar-refractivity contribution is -0.0803. The molecule has 1 fully saturated rings. The van der Waals surface area contributed by atoms with Gasteiger partial charge in [-0.3, -0.25) is 0 Å². The van der Waals surface area contributed by atoms with Crippen molar-refractivity contribution in [2.45, 2.75) is 25.0 Å². The number of nitrogens with one attached hydrogen (secondary N) is 1. The second-order valence-electron chi connectivity index (χ2n) is 4.13. The Morgan fingerprint density at radius 2 is 2.12 bits per heavy atom. The molecule has 2 unspecified atom stereocenters. The van der Waals surface area contributed by atoms with Gasteiger partial charge in [0.15, 0.2) is 0 Å². The molecule has 0 radical (unpaired) electrons. The van der Waals surface area contributed by atoms with E-state index in [0.717, 1.165) is 32.7 Å². The van der Waals surface area contributed by atoms with E-state index in [2.05, 4.69) is 5.32 Å². The van der Waals surface area contributed by atoms with Crippen molar-refractivity contribution in [3.63, 3.8) is 0 Å². The zero-order valence-electron chi connectivity index (χ0n) is 10.9. The Hall–Kier alpha value is -0.200. The Balaban J connectivity index is 1.97. The highest BCUT2D eigenvalue weighted by Gasteiger charge is 2.24. The predicted octanol–water partition coefficient (Wildman–Crippen LogP) is 0.433. The molecule has 0 spiro atoms. The summed E-state index contributed by atoms with van der Waals surface area (Å²) in [5.41, 5.74) is 0. The zero-order chi connectivity index (χ0) is 12.3. The highest BCUT2D eigenvalue weighted by atomic mass is 16.6. The fraction of sp³-hybridized carbons (Fsp3) is 1.00. The molecule has 17 heavy (non-hydrogen) atoms. The van der Waals surface area contributed by atoms with Gasteiger partial charge >= 0.3 is 0 Å². The summed E-state index contributed by atoms with van der Waals surface area (Å²) < 4.78 is 21.5. The molecule has 1 aliphatic rings. The molecule has 5 heteroatoms. The summed E-state index contributed by atoms with van der Waals surface area (Å²) in [6.45, 7) is 4.23. The van der Waals surface area contributed by atoms with Crippen molar-refractivity contribution in [3.05, 3.63) is 0 Å². The summed E-state index contributed by atoms with van der Waals surface area (Å²) in [4.78, 5) is 0. The fourth-order valence-corrected chi connectivity index (χ4v) is 1.87. The zero-order valence-corrected chi connectivity index (χ0v) is 10.9. The Morgan fingerprint density at radius 3 is 2.88 bits per heavy atom. The van der Waals surface area contributed by atoms with Crippen molar-refractivity contribution in [2.75, 3.05) is 53.8 Å². The third kappa shape index (κ3) is 6.33.